The van der Waals surface area contributed by atoms with Gasteiger partial charge in [0.25, 0.3) is 5.97 Å². The molecule has 3 N–H and O–H groups in total. The predicted molar refractivity (Wildman–Crippen MR) is 39.8 cm³/mol. The fraction of sp³-hybridized carbons (Fsp3) is 0.667. The summed E-state index contributed by atoms with van der Waals surface area (Å²) in [6, 6.07) is 0. The first-order valence-electron chi connectivity index (χ1n) is 1.37. The van der Waals surface area contributed by atoms with Crippen molar-refractivity contribution in [3.8, 4) is 0 Å². The standard InChI is InChI=1S/C2H4O2.CH4S.Mg.H2O.2H/c1-2(3)4;1-2;;;;/h1H3,(H,3,4);2H,1H3;;1H2;;/q;;+2;;2*-1. The van der Waals surface area contributed by atoms with Crippen molar-refractivity contribution in [1.82, 2.24) is 0 Å². The topological polar surface area (TPSA) is 68.8 Å². The van der Waals surface area contributed by atoms with Gasteiger partial charge in [-0.2, -0.15) is 12.6 Å². The van der Waals surface area contributed by atoms with E-state index in [0.717, 1.165) is 6.92 Å². The first-order valence-corrected chi connectivity index (χ1v) is 2.27. The summed E-state index contributed by atoms with van der Waals surface area (Å²) in [4.78, 5) is 9.00. The van der Waals surface area contributed by atoms with Gasteiger partial charge in [0.2, 0.25) is 0 Å². The third-order valence-electron chi connectivity index (χ3n) is 0. The molecule has 3 nitrogen and oxygen atoms in total. The van der Waals surface area contributed by atoms with Gasteiger partial charge in [0.1, 0.15) is 0 Å². The van der Waals surface area contributed by atoms with E-state index < -0.39 is 5.97 Å². The van der Waals surface area contributed by atoms with E-state index in [4.69, 9.17) is 9.90 Å². The Labute approximate surface area is 73.3 Å². The van der Waals surface area contributed by atoms with Gasteiger partial charge in [-0.15, -0.1) is 0 Å². The van der Waals surface area contributed by atoms with Crippen LogP contribution in [-0.2, 0) is 4.79 Å². The molecule has 0 fully saturated rings. The summed E-state index contributed by atoms with van der Waals surface area (Å²) in [6.45, 7) is 1.08. The van der Waals surface area contributed by atoms with Crippen molar-refractivity contribution in [2.75, 3.05) is 6.26 Å². The first-order chi connectivity index (χ1) is 2.73. The summed E-state index contributed by atoms with van der Waals surface area (Å²) >= 11 is 3.53. The summed E-state index contributed by atoms with van der Waals surface area (Å²) < 4.78 is 0. The van der Waals surface area contributed by atoms with E-state index in [1.54, 1.807) is 6.26 Å². The minimum absolute atomic E-state index is 0. The Balaban J connectivity index is -0.00000000625. The van der Waals surface area contributed by atoms with Crippen LogP contribution in [0.4, 0.5) is 0 Å². The fourth-order valence-corrected chi connectivity index (χ4v) is 0. The van der Waals surface area contributed by atoms with Crippen LogP contribution < -0.4 is 0 Å². The molecule has 0 aliphatic heterocycles. The third-order valence-corrected chi connectivity index (χ3v) is 0. The van der Waals surface area contributed by atoms with Crippen LogP contribution in [0.25, 0.3) is 0 Å². The summed E-state index contributed by atoms with van der Waals surface area (Å²) in [5.41, 5.74) is 0. The van der Waals surface area contributed by atoms with Crippen LogP contribution in [0.3, 0.4) is 0 Å². The molecule has 0 aromatic carbocycles. The number of thiol groups is 1. The smallest absolute Gasteiger partial charge is 1.00 e. The Hall–Kier alpha value is 0.546. The van der Waals surface area contributed by atoms with Crippen molar-refractivity contribution < 1.29 is 18.2 Å². The van der Waals surface area contributed by atoms with Gasteiger partial charge in [-0.25, -0.2) is 0 Å². The van der Waals surface area contributed by atoms with Crippen molar-refractivity contribution >= 4 is 41.7 Å². The molecule has 0 atom stereocenters. The molecule has 0 aliphatic carbocycles. The van der Waals surface area contributed by atoms with E-state index in [9.17, 15) is 0 Å². The van der Waals surface area contributed by atoms with Gasteiger partial charge in [-0.1, -0.05) is 0 Å². The molecule has 0 heterocycles. The van der Waals surface area contributed by atoms with Crippen LogP contribution >= 0.6 is 12.6 Å². The molecule has 0 unspecified atom stereocenters. The number of carbonyl (C=O) groups is 1. The molecule has 0 saturated carbocycles. The molecular formula is C3H12MgO3S. The number of rotatable bonds is 0. The van der Waals surface area contributed by atoms with Gasteiger partial charge in [0.15, 0.2) is 0 Å². The Morgan fingerprint density at radius 2 is 1.62 bits per heavy atom. The second kappa shape index (κ2) is 25.7. The summed E-state index contributed by atoms with van der Waals surface area (Å²) in [6.07, 6.45) is 1.69. The van der Waals surface area contributed by atoms with Crippen molar-refractivity contribution in [3.63, 3.8) is 0 Å². The summed E-state index contributed by atoms with van der Waals surface area (Å²) in [5.74, 6) is -0.833. The molecule has 8 heavy (non-hydrogen) atoms. The Bertz CT molecular complexity index is 44.7. The maximum atomic E-state index is 9.00. The molecule has 0 aliphatic rings. The number of hydrogen-bond acceptors (Lipinski definition) is 2. The Morgan fingerprint density at radius 3 is 1.62 bits per heavy atom. The van der Waals surface area contributed by atoms with Gasteiger partial charge in [-0.05, 0) is 6.26 Å². The maximum Gasteiger partial charge on any atom is 2.00 e. The number of carboxylic acid groups (broad SMARTS) is 1. The molecule has 0 amide bonds. The van der Waals surface area contributed by atoms with E-state index >= 15 is 0 Å². The zero-order valence-corrected chi connectivity index (χ0v) is 7.32. The van der Waals surface area contributed by atoms with Gasteiger partial charge >= 0.3 is 23.1 Å². The second-order valence-electron chi connectivity index (χ2n) is 0.519. The number of aliphatic carboxylic acids is 1. The zero-order chi connectivity index (χ0) is 5.58. The molecule has 0 bridgehead atoms. The van der Waals surface area contributed by atoms with Crippen molar-refractivity contribution in [1.29, 1.82) is 0 Å². The average Bonchev–Trinajstić information content (AvgIpc) is 1.41. The monoisotopic (exact) mass is 152 g/mol. The Morgan fingerprint density at radius 1 is 1.62 bits per heavy atom. The van der Waals surface area contributed by atoms with Crippen LogP contribution in [0.15, 0.2) is 0 Å². The van der Waals surface area contributed by atoms with Crippen LogP contribution in [-0.4, -0.2) is 45.9 Å². The van der Waals surface area contributed by atoms with Gasteiger partial charge < -0.3 is 13.4 Å². The van der Waals surface area contributed by atoms with Crippen LogP contribution in [0.5, 0.6) is 0 Å². The van der Waals surface area contributed by atoms with Gasteiger partial charge in [0, 0.05) is 6.92 Å². The van der Waals surface area contributed by atoms with E-state index in [1.807, 2.05) is 0 Å². The minimum Gasteiger partial charge on any atom is -1.00 e. The molecule has 0 rings (SSSR count). The molecular weight excluding hydrogens is 140 g/mol. The molecule has 0 saturated heterocycles. The van der Waals surface area contributed by atoms with E-state index in [-0.39, 0.29) is 31.4 Å². The van der Waals surface area contributed by atoms with Gasteiger partial charge in [-0.3, -0.25) is 4.79 Å². The normalized spacial score (nSPS) is 3.88. The third kappa shape index (κ3) is 675. The van der Waals surface area contributed by atoms with E-state index in [1.165, 1.54) is 0 Å². The van der Waals surface area contributed by atoms with Crippen molar-refractivity contribution in [3.05, 3.63) is 0 Å². The Kier molecular flexibility index (Phi) is 75.7. The zero-order valence-electron chi connectivity index (χ0n) is 7.01. The fourth-order valence-electron chi connectivity index (χ4n) is 0. The van der Waals surface area contributed by atoms with Crippen molar-refractivity contribution in [2.24, 2.45) is 0 Å². The van der Waals surface area contributed by atoms with E-state index in [0.29, 0.717) is 0 Å². The first kappa shape index (κ1) is 23.5. The van der Waals surface area contributed by atoms with Crippen molar-refractivity contribution in [2.45, 2.75) is 6.92 Å². The molecule has 0 aromatic heterocycles. The van der Waals surface area contributed by atoms with Crippen LogP contribution in [0.2, 0.25) is 0 Å². The quantitative estimate of drug-likeness (QED) is 0.368. The molecule has 5 heteroatoms. The SMILES string of the molecule is CC(=O)O.CS.O.[H-].[H-].[Mg+2]. The largest absolute Gasteiger partial charge is 2.00 e. The number of carboxylic acids is 1. The molecule has 0 radical (unpaired) electrons. The number of hydrogen-bond donors (Lipinski definition) is 2. The average molecular weight is 152 g/mol. The molecule has 50 valence electrons. The van der Waals surface area contributed by atoms with Crippen LogP contribution in [0, 0.1) is 0 Å². The van der Waals surface area contributed by atoms with Gasteiger partial charge in [0.05, 0.1) is 0 Å². The minimum atomic E-state index is -0.833. The summed E-state index contributed by atoms with van der Waals surface area (Å²) in [7, 11) is 0. The maximum absolute atomic E-state index is 9.00. The van der Waals surface area contributed by atoms with Crippen LogP contribution in [0.1, 0.15) is 9.78 Å². The predicted octanol–water partition coefficient (Wildman–Crippen LogP) is -0.344. The summed E-state index contributed by atoms with van der Waals surface area (Å²) in [5, 5.41) is 7.42. The van der Waals surface area contributed by atoms with E-state index in [2.05, 4.69) is 12.6 Å². The molecule has 0 aromatic rings. The second-order valence-corrected chi connectivity index (χ2v) is 0.519. The molecule has 0 spiro atoms.